The van der Waals surface area contributed by atoms with E-state index < -0.39 is 0 Å². The first kappa shape index (κ1) is 14.7. The summed E-state index contributed by atoms with van der Waals surface area (Å²) in [4.78, 5) is 10.5. The number of thiazole rings is 1. The largest absolute Gasteiger partial charge is 0.275 e. The Kier molecular flexibility index (Phi) is 3.39. The van der Waals surface area contributed by atoms with Gasteiger partial charge in [0.1, 0.15) is 5.82 Å². The van der Waals surface area contributed by atoms with Gasteiger partial charge in [0.25, 0.3) is 0 Å². The Morgan fingerprint density at radius 3 is 2.60 bits per heavy atom. The highest BCUT2D eigenvalue weighted by atomic mass is 32.2. The molecule has 0 saturated heterocycles. The van der Waals surface area contributed by atoms with Gasteiger partial charge in [-0.1, -0.05) is 54.2 Å². The van der Waals surface area contributed by atoms with Crippen LogP contribution in [0.1, 0.15) is 0 Å². The molecule has 5 aromatic rings. The molecule has 0 N–H and O–H groups in total. The average molecular weight is 362 g/mol. The van der Waals surface area contributed by atoms with Crippen molar-refractivity contribution in [1.29, 1.82) is 0 Å². The van der Waals surface area contributed by atoms with Crippen molar-refractivity contribution in [2.45, 2.75) is 5.16 Å². The van der Waals surface area contributed by atoms with Crippen molar-refractivity contribution in [2.75, 3.05) is 6.26 Å². The van der Waals surface area contributed by atoms with Crippen LogP contribution in [0.2, 0.25) is 0 Å². The molecular formula is C19H14N4S2. The highest BCUT2D eigenvalue weighted by Crippen LogP contribution is 2.31. The van der Waals surface area contributed by atoms with Crippen molar-refractivity contribution in [3.05, 3.63) is 66.2 Å². The lowest BCUT2D eigenvalue weighted by Gasteiger charge is -2.06. The van der Waals surface area contributed by atoms with E-state index in [0.717, 1.165) is 38.2 Å². The molecule has 5 rings (SSSR count). The molecule has 0 aliphatic rings. The summed E-state index contributed by atoms with van der Waals surface area (Å²) >= 11 is 3.30. The highest BCUT2D eigenvalue weighted by Gasteiger charge is 2.16. The SMILES string of the molecule is CSc1nc2ccccc2n1-c1csc2nc(-c3ccccc3)cn12. The number of fused-ring (bicyclic) bond motifs is 2. The maximum absolute atomic E-state index is 4.79. The van der Waals surface area contributed by atoms with Gasteiger partial charge in [-0.05, 0) is 18.4 Å². The quantitative estimate of drug-likeness (QED) is 0.418. The van der Waals surface area contributed by atoms with E-state index in [1.54, 1.807) is 23.1 Å². The van der Waals surface area contributed by atoms with Gasteiger partial charge < -0.3 is 0 Å². The third-order valence-corrected chi connectivity index (χ3v) is 5.67. The van der Waals surface area contributed by atoms with Crippen molar-refractivity contribution >= 4 is 39.1 Å². The highest BCUT2D eigenvalue weighted by molar-refractivity contribution is 7.98. The van der Waals surface area contributed by atoms with E-state index >= 15 is 0 Å². The fraction of sp³-hybridized carbons (Fsp3) is 0.0526. The number of hydrogen-bond acceptors (Lipinski definition) is 4. The Morgan fingerprint density at radius 2 is 1.76 bits per heavy atom. The number of imidazole rings is 2. The van der Waals surface area contributed by atoms with E-state index in [-0.39, 0.29) is 0 Å². The van der Waals surface area contributed by atoms with Gasteiger partial charge in [0.05, 0.1) is 16.7 Å². The van der Waals surface area contributed by atoms with Gasteiger partial charge >= 0.3 is 0 Å². The van der Waals surface area contributed by atoms with E-state index in [0.29, 0.717) is 0 Å². The van der Waals surface area contributed by atoms with Crippen molar-refractivity contribution in [2.24, 2.45) is 0 Å². The Balaban J connectivity index is 1.75. The zero-order valence-electron chi connectivity index (χ0n) is 13.5. The van der Waals surface area contributed by atoms with E-state index in [2.05, 4.69) is 57.1 Å². The second-order valence-electron chi connectivity index (χ2n) is 5.66. The molecule has 3 aromatic heterocycles. The van der Waals surface area contributed by atoms with Crippen molar-refractivity contribution in [3.63, 3.8) is 0 Å². The van der Waals surface area contributed by atoms with Crippen LogP contribution in [0.3, 0.4) is 0 Å². The minimum Gasteiger partial charge on any atom is -0.275 e. The second kappa shape index (κ2) is 5.75. The molecule has 122 valence electrons. The number of nitrogens with zero attached hydrogens (tertiary/aromatic N) is 4. The molecule has 2 aromatic carbocycles. The summed E-state index contributed by atoms with van der Waals surface area (Å²) in [5, 5.41) is 3.13. The van der Waals surface area contributed by atoms with Gasteiger partial charge in [0.15, 0.2) is 10.1 Å². The summed E-state index contributed by atoms with van der Waals surface area (Å²) in [6.45, 7) is 0. The summed E-state index contributed by atoms with van der Waals surface area (Å²) < 4.78 is 4.36. The van der Waals surface area contributed by atoms with Gasteiger partial charge in [-0.2, -0.15) is 0 Å². The molecular weight excluding hydrogens is 348 g/mol. The van der Waals surface area contributed by atoms with Crippen LogP contribution in [0.4, 0.5) is 0 Å². The van der Waals surface area contributed by atoms with Crippen LogP contribution in [0, 0.1) is 0 Å². The van der Waals surface area contributed by atoms with Crippen molar-refractivity contribution in [3.8, 4) is 17.1 Å². The second-order valence-corrected chi connectivity index (χ2v) is 7.27. The minimum absolute atomic E-state index is 0.982. The standard InChI is InChI=1S/C19H14N4S2/c1-24-19-20-14-9-5-6-10-16(14)23(19)17-12-25-18-21-15(11-22(17)18)13-7-3-2-4-8-13/h2-12H,1H3. The maximum atomic E-state index is 4.79. The zero-order valence-corrected chi connectivity index (χ0v) is 15.1. The topological polar surface area (TPSA) is 35.1 Å². The van der Waals surface area contributed by atoms with Gasteiger partial charge in [-0.25, -0.2) is 9.97 Å². The Labute approximate surface area is 152 Å². The van der Waals surface area contributed by atoms with Crippen LogP contribution < -0.4 is 0 Å². The lowest BCUT2D eigenvalue weighted by Crippen LogP contribution is -1.99. The van der Waals surface area contributed by atoms with Crippen molar-refractivity contribution < 1.29 is 0 Å². The van der Waals surface area contributed by atoms with Gasteiger partial charge in [0, 0.05) is 17.1 Å². The molecule has 4 nitrogen and oxygen atoms in total. The summed E-state index contributed by atoms with van der Waals surface area (Å²) in [6.07, 6.45) is 4.17. The fourth-order valence-corrected chi connectivity index (χ4v) is 4.45. The monoisotopic (exact) mass is 362 g/mol. The normalized spacial score (nSPS) is 11.6. The first-order valence-corrected chi connectivity index (χ1v) is 9.99. The predicted molar refractivity (Wildman–Crippen MR) is 105 cm³/mol. The molecule has 6 heteroatoms. The third-order valence-electron chi connectivity index (χ3n) is 4.20. The third kappa shape index (κ3) is 2.29. The molecule has 0 saturated carbocycles. The number of para-hydroxylation sites is 2. The van der Waals surface area contributed by atoms with Crippen molar-refractivity contribution in [1.82, 2.24) is 18.9 Å². The fourth-order valence-electron chi connectivity index (χ4n) is 3.04. The smallest absolute Gasteiger partial charge is 0.195 e. The molecule has 0 atom stereocenters. The van der Waals surface area contributed by atoms with Crippen LogP contribution >= 0.6 is 23.1 Å². The average Bonchev–Trinajstić information content (AvgIpc) is 3.34. The Hall–Kier alpha value is -2.57. The lowest BCUT2D eigenvalue weighted by atomic mass is 10.2. The van der Waals surface area contributed by atoms with Crippen LogP contribution in [-0.4, -0.2) is 25.2 Å². The molecule has 3 heterocycles. The lowest BCUT2D eigenvalue weighted by molar-refractivity contribution is 0.878. The molecule has 0 aliphatic heterocycles. The zero-order chi connectivity index (χ0) is 16.8. The molecule has 0 aliphatic carbocycles. The molecule has 0 spiro atoms. The maximum Gasteiger partial charge on any atom is 0.195 e. The number of hydrogen-bond donors (Lipinski definition) is 0. The summed E-state index contributed by atoms with van der Waals surface area (Å²) in [6, 6.07) is 18.5. The van der Waals surface area contributed by atoms with E-state index in [1.807, 2.05) is 24.3 Å². The first-order chi connectivity index (χ1) is 12.3. The minimum atomic E-state index is 0.982. The van der Waals surface area contributed by atoms with E-state index in [1.165, 1.54) is 0 Å². The van der Waals surface area contributed by atoms with Crippen LogP contribution in [-0.2, 0) is 0 Å². The Bertz CT molecular complexity index is 1180. The van der Waals surface area contributed by atoms with Crippen LogP contribution in [0.25, 0.3) is 33.1 Å². The predicted octanol–water partition coefficient (Wildman–Crippen LogP) is 5.12. The Morgan fingerprint density at radius 1 is 0.960 bits per heavy atom. The number of rotatable bonds is 3. The molecule has 25 heavy (non-hydrogen) atoms. The molecule has 0 bridgehead atoms. The molecule has 0 fully saturated rings. The summed E-state index contributed by atoms with van der Waals surface area (Å²) in [5.74, 6) is 1.08. The number of thioether (sulfide) groups is 1. The molecule has 0 amide bonds. The van der Waals surface area contributed by atoms with Crippen LogP contribution in [0.15, 0.2) is 71.3 Å². The van der Waals surface area contributed by atoms with Gasteiger partial charge in [-0.15, -0.1) is 11.3 Å². The first-order valence-electron chi connectivity index (χ1n) is 7.89. The summed E-state index contributed by atoms with van der Waals surface area (Å²) in [5.41, 5.74) is 4.24. The number of aromatic nitrogens is 4. The summed E-state index contributed by atoms with van der Waals surface area (Å²) in [7, 11) is 0. The van der Waals surface area contributed by atoms with E-state index in [4.69, 9.17) is 9.97 Å². The molecule has 0 unspecified atom stereocenters. The van der Waals surface area contributed by atoms with Crippen LogP contribution in [0.5, 0.6) is 0 Å². The number of benzene rings is 2. The van der Waals surface area contributed by atoms with Gasteiger partial charge in [-0.3, -0.25) is 8.97 Å². The molecule has 0 radical (unpaired) electrons. The van der Waals surface area contributed by atoms with Gasteiger partial charge in [0.2, 0.25) is 0 Å². The van der Waals surface area contributed by atoms with E-state index in [9.17, 15) is 0 Å².